The number of aromatic nitrogens is 1. The third-order valence-corrected chi connectivity index (χ3v) is 2.84. The van der Waals surface area contributed by atoms with E-state index in [1.54, 1.807) is 0 Å². The molecule has 1 aromatic heterocycles. The molecule has 2 nitrogen and oxygen atoms in total. The van der Waals surface area contributed by atoms with E-state index in [-0.39, 0.29) is 6.04 Å². The highest BCUT2D eigenvalue weighted by molar-refractivity contribution is 5.16. The zero-order chi connectivity index (χ0) is 10.9. The highest BCUT2D eigenvalue weighted by Gasteiger charge is 2.27. The fourth-order valence-corrected chi connectivity index (χ4v) is 2.17. The summed E-state index contributed by atoms with van der Waals surface area (Å²) in [5.41, 5.74) is 1.77. The van der Waals surface area contributed by atoms with Gasteiger partial charge in [0.15, 0.2) is 0 Å². The monoisotopic (exact) mass is 195 g/mol. The van der Waals surface area contributed by atoms with Crippen LogP contribution in [0.1, 0.15) is 44.6 Å². The zero-order valence-corrected chi connectivity index (χ0v) is 9.83. The van der Waals surface area contributed by atoms with Gasteiger partial charge in [-0.2, -0.15) is 0 Å². The third-order valence-electron chi connectivity index (χ3n) is 2.84. The second-order valence-corrected chi connectivity index (χ2v) is 4.56. The maximum absolute atomic E-state index is 10.1. The SMILES string of the molecule is CCC(n1c(C)ccc1C)C(C)(C)O. The smallest absolute Gasteiger partial charge is 0.0797 e. The summed E-state index contributed by atoms with van der Waals surface area (Å²) in [7, 11) is 0. The lowest BCUT2D eigenvalue weighted by Gasteiger charge is -2.32. The van der Waals surface area contributed by atoms with Gasteiger partial charge in [0, 0.05) is 11.4 Å². The van der Waals surface area contributed by atoms with Crippen molar-refractivity contribution >= 4 is 0 Å². The Morgan fingerprint density at radius 3 is 2.00 bits per heavy atom. The molecule has 1 unspecified atom stereocenters. The van der Waals surface area contributed by atoms with Crippen LogP contribution in [0.25, 0.3) is 0 Å². The van der Waals surface area contributed by atoms with Crippen molar-refractivity contribution in [3.63, 3.8) is 0 Å². The Kier molecular flexibility index (Phi) is 3.05. The standard InChI is InChI=1S/C12H21NO/c1-6-11(12(4,5)14)13-9(2)7-8-10(13)3/h7-8,11,14H,6H2,1-5H3. The van der Waals surface area contributed by atoms with Crippen molar-refractivity contribution in [2.75, 3.05) is 0 Å². The second kappa shape index (κ2) is 3.77. The van der Waals surface area contributed by atoms with E-state index in [2.05, 4.69) is 37.5 Å². The van der Waals surface area contributed by atoms with Crippen LogP contribution in [0.4, 0.5) is 0 Å². The lowest BCUT2D eigenvalue weighted by Crippen LogP contribution is -2.33. The van der Waals surface area contributed by atoms with Crippen molar-refractivity contribution in [1.82, 2.24) is 4.57 Å². The summed E-state index contributed by atoms with van der Waals surface area (Å²) >= 11 is 0. The third kappa shape index (κ3) is 2.01. The van der Waals surface area contributed by atoms with Gasteiger partial charge in [-0.3, -0.25) is 0 Å². The largest absolute Gasteiger partial charge is 0.388 e. The highest BCUT2D eigenvalue weighted by atomic mass is 16.3. The average molecular weight is 195 g/mol. The molecule has 0 fully saturated rings. The summed E-state index contributed by atoms with van der Waals surface area (Å²) in [6.45, 7) is 10.0. The van der Waals surface area contributed by atoms with Crippen LogP contribution < -0.4 is 0 Å². The van der Waals surface area contributed by atoms with E-state index in [0.29, 0.717) is 0 Å². The van der Waals surface area contributed by atoms with Crippen LogP contribution in [0.15, 0.2) is 12.1 Å². The molecule has 1 atom stereocenters. The van der Waals surface area contributed by atoms with E-state index < -0.39 is 5.60 Å². The first kappa shape index (κ1) is 11.3. The fraction of sp³-hybridized carbons (Fsp3) is 0.667. The van der Waals surface area contributed by atoms with Gasteiger partial charge in [0.25, 0.3) is 0 Å². The summed E-state index contributed by atoms with van der Waals surface area (Å²) in [4.78, 5) is 0. The Morgan fingerprint density at radius 2 is 1.71 bits per heavy atom. The molecule has 0 spiro atoms. The molecule has 0 aliphatic rings. The summed E-state index contributed by atoms with van der Waals surface area (Å²) in [5.74, 6) is 0. The minimum Gasteiger partial charge on any atom is -0.388 e. The Labute approximate surface area is 86.6 Å². The molecule has 14 heavy (non-hydrogen) atoms. The van der Waals surface area contributed by atoms with Crippen LogP contribution in [0.5, 0.6) is 0 Å². The second-order valence-electron chi connectivity index (χ2n) is 4.56. The van der Waals surface area contributed by atoms with Crippen molar-refractivity contribution in [3.8, 4) is 0 Å². The minimum atomic E-state index is -0.663. The molecule has 0 saturated carbocycles. The zero-order valence-electron chi connectivity index (χ0n) is 9.83. The first-order valence-corrected chi connectivity index (χ1v) is 5.24. The van der Waals surface area contributed by atoms with Crippen molar-refractivity contribution in [3.05, 3.63) is 23.5 Å². The van der Waals surface area contributed by atoms with Gasteiger partial charge in [-0.15, -0.1) is 0 Å². The molecule has 1 rings (SSSR count). The van der Waals surface area contributed by atoms with Crippen LogP contribution in [0.3, 0.4) is 0 Å². The molecule has 0 aliphatic heterocycles. The first-order valence-electron chi connectivity index (χ1n) is 5.24. The van der Waals surface area contributed by atoms with E-state index in [1.165, 1.54) is 11.4 Å². The Balaban J connectivity index is 3.13. The molecular weight excluding hydrogens is 174 g/mol. The molecule has 0 bridgehead atoms. The van der Waals surface area contributed by atoms with Crippen LogP contribution in [-0.2, 0) is 0 Å². The molecule has 2 heteroatoms. The minimum absolute atomic E-state index is 0.164. The predicted octanol–water partition coefficient (Wildman–Crippen LogP) is 2.83. The Morgan fingerprint density at radius 1 is 1.29 bits per heavy atom. The van der Waals surface area contributed by atoms with Gasteiger partial charge < -0.3 is 9.67 Å². The normalized spacial score (nSPS) is 14.4. The molecule has 0 radical (unpaired) electrons. The van der Waals surface area contributed by atoms with E-state index in [9.17, 15) is 5.11 Å². The van der Waals surface area contributed by atoms with Crippen molar-refractivity contribution in [1.29, 1.82) is 0 Å². The van der Waals surface area contributed by atoms with E-state index in [4.69, 9.17) is 0 Å². The van der Waals surface area contributed by atoms with E-state index in [0.717, 1.165) is 6.42 Å². The number of hydrogen-bond donors (Lipinski definition) is 1. The van der Waals surface area contributed by atoms with Gasteiger partial charge in [-0.25, -0.2) is 0 Å². The van der Waals surface area contributed by atoms with Gasteiger partial charge in [0.05, 0.1) is 11.6 Å². The molecule has 80 valence electrons. The van der Waals surface area contributed by atoms with Gasteiger partial charge >= 0.3 is 0 Å². The number of aliphatic hydroxyl groups is 1. The van der Waals surface area contributed by atoms with Crippen LogP contribution >= 0.6 is 0 Å². The summed E-state index contributed by atoms with van der Waals surface area (Å²) in [6.07, 6.45) is 0.944. The number of aryl methyl sites for hydroxylation is 2. The summed E-state index contributed by atoms with van der Waals surface area (Å²) in [5, 5.41) is 10.1. The number of hydrogen-bond acceptors (Lipinski definition) is 1. The maximum Gasteiger partial charge on any atom is 0.0797 e. The molecule has 1 aromatic rings. The quantitative estimate of drug-likeness (QED) is 0.788. The average Bonchev–Trinajstić information content (AvgIpc) is 2.34. The predicted molar refractivity (Wildman–Crippen MR) is 59.5 cm³/mol. The molecule has 0 aromatic carbocycles. The molecule has 1 heterocycles. The van der Waals surface area contributed by atoms with Crippen molar-refractivity contribution < 1.29 is 5.11 Å². The summed E-state index contributed by atoms with van der Waals surface area (Å²) in [6, 6.07) is 4.37. The summed E-state index contributed by atoms with van der Waals surface area (Å²) < 4.78 is 2.22. The topological polar surface area (TPSA) is 25.2 Å². The highest BCUT2D eigenvalue weighted by Crippen LogP contribution is 2.28. The molecule has 0 amide bonds. The lowest BCUT2D eigenvalue weighted by atomic mass is 9.96. The van der Waals surface area contributed by atoms with Crippen LogP contribution in [0, 0.1) is 13.8 Å². The van der Waals surface area contributed by atoms with Crippen molar-refractivity contribution in [2.24, 2.45) is 0 Å². The van der Waals surface area contributed by atoms with Gasteiger partial charge in [0.1, 0.15) is 0 Å². The van der Waals surface area contributed by atoms with Crippen molar-refractivity contribution in [2.45, 2.75) is 52.7 Å². The molecular formula is C12H21NO. The Hall–Kier alpha value is -0.760. The van der Waals surface area contributed by atoms with Crippen LogP contribution in [-0.4, -0.2) is 15.3 Å². The first-order chi connectivity index (χ1) is 6.38. The van der Waals surface area contributed by atoms with Crippen LogP contribution in [0.2, 0.25) is 0 Å². The Bertz CT molecular complexity index is 287. The molecule has 1 N–H and O–H groups in total. The lowest BCUT2D eigenvalue weighted by molar-refractivity contribution is 0.0200. The molecule has 0 aliphatic carbocycles. The molecule has 0 saturated heterocycles. The van der Waals surface area contributed by atoms with E-state index >= 15 is 0 Å². The van der Waals surface area contributed by atoms with Gasteiger partial charge in [-0.1, -0.05) is 6.92 Å². The van der Waals surface area contributed by atoms with E-state index in [1.807, 2.05) is 13.8 Å². The number of nitrogens with zero attached hydrogens (tertiary/aromatic N) is 1. The van der Waals surface area contributed by atoms with Gasteiger partial charge in [-0.05, 0) is 46.2 Å². The maximum atomic E-state index is 10.1. The number of rotatable bonds is 3. The fourth-order valence-electron chi connectivity index (χ4n) is 2.17. The van der Waals surface area contributed by atoms with Gasteiger partial charge in [0.2, 0.25) is 0 Å².